The van der Waals surface area contributed by atoms with E-state index >= 15 is 4.39 Å². The molecule has 1 fully saturated rings. The molecule has 0 saturated carbocycles. The van der Waals surface area contributed by atoms with E-state index < -0.39 is 17.6 Å². The minimum absolute atomic E-state index is 0.000627. The third-order valence-electron chi connectivity index (χ3n) is 11.3. The molecule has 4 N–H and O–H groups in total. The van der Waals surface area contributed by atoms with Crippen molar-refractivity contribution in [1.29, 1.82) is 0 Å². The lowest BCUT2D eigenvalue weighted by molar-refractivity contribution is -0.146. The minimum Gasteiger partial charge on any atom is -0.506 e. The molecule has 1 saturated heterocycles. The van der Waals surface area contributed by atoms with Crippen LogP contribution < -0.4 is 25.7 Å². The number of aromatic nitrogens is 1. The number of H-pyrrole nitrogens is 1. The van der Waals surface area contributed by atoms with E-state index in [0.717, 1.165) is 54.6 Å². The van der Waals surface area contributed by atoms with Crippen LogP contribution in [0.1, 0.15) is 63.4 Å². The number of hydrogen-bond acceptors (Lipinski definition) is 9. The van der Waals surface area contributed by atoms with E-state index in [2.05, 4.69) is 44.8 Å². The number of halogens is 1. The van der Waals surface area contributed by atoms with Gasteiger partial charge in [0.2, 0.25) is 5.56 Å². The largest absolute Gasteiger partial charge is 0.506 e. The average molecular weight is 841 g/mol. The van der Waals surface area contributed by atoms with Crippen LogP contribution in [-0.4, -0.2) is 73.4 Å². The fourth-order valence-electron chi connectivity index (χ4n) is 7.98. The Labute approximate surface area is 360 Å². The first-order chi connectivity index (χ1) is 30.3. The summed E-state index contributed by atoms with van der Waals surface area (Å²) in [6.45, 7) is 4.58. The van der Waals surface area contributed by atoms with Crippen molar-refractivity contribution >= 4 is 22.8 Å². The summed E-state index contributed by atoms with van der Waals surface area (Å²) in [5.41, 5.74) is 4.34. The topological polar surface area (TPSA) is 142 Å². The summed E-state index contributed by atoms with van der Waals surface area (Å²) in [6.07, 6.45) is 2.99. The number of nitrogens with zero attached hydrogens (tertiary/aromatic N) is 1. The first-order valence-electron chi connectivity index (χ1n) is 21.2. The molecule has 7 rings (SSSR count). The van der Waals surface area contributed by atoms with Gasteiger partial charge in [0.1, 0.15) is 17.4 Å². The van der Waals surface area contributed by atoms with E-state index in [4.69, 9.17) is 14.2 Å². The van der Waals surface area contributed by atoms with Crippen LogP contribution in [0.4, 0.5) is 4.39 Å². The fraction of sp³-hybridized carbons (Fsp3) is 0.300. The molecule has 2 heterocycles. The number of likely N-dealkylation sites (tertiary alicyclic amines) is 1. The third kappa shape index (κ3) is 11.2. The van der Waals surface area contributed by atoms with E-state index in [0.29, 0.717) is 48.7 Å². The number of fused-ring (bicyclic) bond motifs is 1. The average Bonchev–Trinajstić information content (AvgIpc) is 3.29. The van der Waals surface area contributed by atoms with Crippen molar-refractivity contribution < 1.29 is 33.3 Å². The Morgan fingerprint density at radius 2 is 1.61 bits per heavy atom. The van der Waals surface area contributed by atoms with Gasteiger partial charge in [-0.2, -0.15) is 0 Å². The molecule has 0 aliphatic carbocycles. The van der Waals surface area contributed by atoms with Gasteiger partial charge in [-0.3, -0.25) is 19.3 Å². The van der Waals surface area contributed by atoms with E-state index in [-0.39, 0.29) is 48.3 Å². The smallest absolute Gasteiger partial charge is 0.317 e. The lowest BCUT2D eigenvalue weighted by Crippen LogP contribution is -2.35. The summed E-state index contributed by atoms with van der Waals surface area (Å²) in [5.74, 6) is -1.35. The first-order valence-corrected chi connectivity index (χ1v) is 21.2. The number of aromatic amines is 1. The zero-order valence-corrected chi connectivity index (χ0v) is 34.9. The minimum atomic E-state index is -0.749. The number of esters is 1. The molecule has 0 bridgehead atoms. The molecular formula is C50H53FN4O7. The predicted molar refractivity (Wildman–Crippen MR) is 237 cm³/mol. The second-order valence-corrected chi connectivity index (χ2v) is 15.6. The Balaban J connectivity index is 0.871. The molecule has 1 aromatic heterocycles. The number of ether oxygens (including phenoxy) is 3. The second kappa shape index (κ2) is 21.3. The number of benzene rings is 5. The molecule has 0 radical (unpaired) electrons. The number of hydrogen-bond donors (Lipinski definition) is 4. The van der Waals surface area contributed by atoms with Crippen molar-refractivity contribution in [3.8, 4) is 17.2 Å². The van der Waals surface area contributed by atoms with Gasteiger partial charge in [-0.1, -0.05) is 84.9 Å². The van der Waals surface area contributed by atoms with Crippen molar-refractivity contribution in [2.75, 3.05) is 46.5 Å². The Morgan fingerprint density at radius 3 is 2.39 bits per heavy atom. The molecule has 11 nitrogen and oxygen atoms in total. The second-order valence-electron chi connectivity index (χ2n) is 15.6. The molecular weight excluding hydrogens is 788 g/mol. The van der Waals surface area contributed by atoms with Crippen molar-refractivity contribution in [3.05, 3.63) is 171 Å². The molecule has 1 amide bonds. The van der Waals surface area contributed by atoms with Crippen LogP contribution >= 0.6 is 0 Å². The first kappa shape index (κ1) is 43.6. The number of amides is 1. The summed E-state index contributed by atoms with van der Waals surface area (Å²) in [7, 11) is 1.36. The van der Waals surface area contributed by atoms with Crippen molar-refractivity contribution in [2.45, 2.75) is 44.7 Å². The van der Waals surface area contributed by atoms with Crippen LogP contribution in [0, 0.1) is 11.7 Å². The number of carbonyl (C=O) groups is 2. The molecule has 6 aromatic rings. The summed E-state index contributed by atoms with van der Waals surface area (Å²) in [6, 6.07) is 37.1. The molecule has 1 aliphatic heterocycles. The normalized spacial score (nSPS) is 13.7. The van der Waals surface area contributed by atoms with Gasteiger partial charge in [-0.15, -0.1) is 0 Å². The monoisotopic (exact) mass is 840 g/mol. The molecule has 322 valence electrons. The molecule has 62 heavy (non-hydrogen) atoms. The molecule has 5 aromatic carbocycles. The molecule has 0 spiro atoms. The highest BCUT2D eigenvalue weighted by Gasteiger charge is 2.27. The van der Waals surface area contributed by atoms with Gasteiger partial charge in [0.25, 0.3) is 5.91 Å². The number of aromatic hydroxyl groups is 1. The van der Waals surface area contributed by atoms with Crippen molar-refractivity contribution in [1.82, 2.24) is 20.5 Å². The number of methoxy groups -OCH3 is 1. The maximum atomic E-state index is 15.6. The van der Waals surface area contributed by atoms with E-state index in [1.807, 2.05) is 60.7 Å². The summed E-state index contributed by atoms with van der Waals surface area (Å²) in [4.78, 5) is 43.7. The van der Waals surface area contributed by atoms with Crippen LogP contribution in [0.2, 0.25) is 0 Å². The van der Waals surface area contributed by atoms with Gasteiger partial charge in [0, 0.05) is 36.7 Å². The van der Waals surface area contributed by atoms with Crippen LogP contribution in [0.3, 0.4) is 0 Å². The Hall–Kier alpha value is -6.50. The van der Waals surface area contributed by atoms with Gasteiger partial charge < -0.3 is 34.9 Å². The highest BCUT2D eigenvalue weighted by Crippen LogP contribution is 2.31. The summed E-state index contributed by atoms with van der Waals surface area (Å²) in [5, 5.41) is 17.0. The summed E-state index contributed by atoms with van der Waals surface area (Å²) < 4.78 is 33.0. The number of phenols is 1. The van der Waals surface area contributed by atoms with Crippen LogP contribution in [0.25, 0.3) is 10.9 Å². The van der Waals surface area contributed by atoms with Gasteiger partial charge >= 0.3 is 5.97 Å². The zero-order valence-electron chi connectivity index (χ0n) is 34.9. The lowest BCUT2D eigenvalue weighted by Gasteiger charge is -2.32. The third-order valence-corrected chi connectivity index (χ3v) is 11.3. The molecule has 12 heteroatoms. The molecule has 1 atom stereocenters. The van der Waals surface area contributed by atoms with Crippen LogP contribution in [0.15, 0.2) is 126 Å². The fourth-order valence-corrected chi connectivity index (χ4v) is 7.98. The highest BCUT2D eigenvalue weighted by molar-refractivity contribution is 5.95. The maximum Gasteiger partial charge on any atom is 0.317 e. The van der Waals surface area contributed by atoms with E-state index in [9.17, 15) is 19.5 Å². The Kier molecular flexibility index (Phi) is 15.0. The molecule has 1 unspecified atom stereocenters. The standard InChI is InChI=1S/C50H53FN4O7/c1-60-48-39(31-52-26-22-36-17-20-43(56)47-41(36)19-21-44(57)54-47)16-18-42(46(48)51)49(58)53-25-9-29-61-40-15-8-14-38(30-40)45(37-12-6-3-7-13-37)50(59)62-33-35-23-27-55(28-24-35)32-34-10-4-2-5-11-34/h2-8,10-21,30,35,45,52,56H,9,22-29,31-33H2,1H3,(H,53,58)(H,54,57). The van der Waals surface area contributed by atoms with E-state index in [1.54, 1.807) is 24.3 Å². The number of phenolic OH excluding ortho intramolecular Hbond substituents is 1. The number of pyridine rings is 1. The Bertz CT molecular complexity index is 2490. The summed E-state index contributed by atoms with van der Waals surface area (Å²) >= 11 is 0. The van der Waals surface area contributed by atoms with Gasteiger partial charge in [0.05, 0.1) is 31.4 Å². The Morgan fingerprint density at radius 1 is 0.871 bits per heavy atom. The predicted octanol–water partition coefficient (Wildman–Crippen LogP) is 7.50. The van der Waals surface area contributed by atoms with E-state index in [1.165, 1.54) is 24.8 Å². The van der Waals surface area contributed by atoms with Crippen molar-refractivity contribution in [2.24, 2.45) is 5.92 Å². The SMILES string of the molecule is COc1c(CNCCc2ccc(O)c3[nH]c(=O)ccc23)ccc(C(=O)NCCCOc2cccc(C(C(=O)OCC3CCN(Cc4ccccc4)CC3)c3ccccc3)c2)c1F. The quantitative estimate of drug-likeness (QED) is 0.0482. The zero-order chi connectivity index (χ0) is 43.3. The van der Waals surface area contributed by atoms with Gasteiger partial charge in [-0.25, -0.2) is 4.39 Å². The van der Waals surface area contributed by atoms with Gasteiger partial charge in [-0.05, 0) is 104 Å². The maximum absolute atomic E-state index is 15.6. The van der Waals surface area contributed by atoms with Crippen LogP contribution in [-0.2, 0) is 29.0 Å². The number of rotatable bonds is 19. The molecule has 1 aliphatic rings. The number of nitrogens with one attached hydrogen (secondary N) is 3. The van der Waals surface area contributed by atoms with Crippen molar-refractivity contribution in [3.63, 3.8) is 0 Å². The van der Waals surface area contributed by atoms with Crippen LogP contribution in [0.5, 0.6) is 17.2 Å². The number of piperidine rings is 1. The van der Waals surface area contributed by atoms with Gasteiger partial charge in [0.15, 0.2) is 11.6 Å². The highest BCUT2D eigenvalue weighted by atomic mass is 19.1. The lowest BCUT2D eigenvalue weighted by atomic mass is 9.91. The number of carbonyl (C=O) groups excluding carboxylic acids is 2.